The van der Waals surface area contributed by atoms with E-state index in [1.54, 1.807) is 24.0 Å². The van der Waals surface area contributed by atoms with E-state index in [1.807, 2.05) is 19.1 Å². The Morgan fingerprint density at radius 1 is 1.32 bits per heavy atom. The van der Waals surface area contributed by atoms with Gasteiger partial charge in [-0.25, -0.2) is 0 Å². The molecule has 2 unspecified atom stereocenters. The highest BCUT2D eigenvalue weighted by atomic mass is 16.5. The van der Waals surface area contributed by atoms with E-state index in [9.17, 15) is 14.4 Å². The standard InChI is InChI=1S/C19H24N2O4/c1-3-20-18(24)13(2)21-11-10-19(9-8-17(21)23)12-15(22)14-6-4-5-7-16(14)25-19/h4-7,13H,3,8-12H2,1-2H3,(H,20,24). The molecule has 2 aliphatic rings. The molecule has 25 heavy (non-hydrogen) atoms. The third-order valence-corrected chi connectivity index (χ3v) is 5.12. The Bertz CT molecular complexity index is 702. The van der Waals surface area contributed by atoms with Gasteiger partial charge in [0.1, 0.15) is 17.4 Å². The molecule has 1 saturated heterocycles. The molecule has 0 bridgehead atoms. The second-order valence-electron chi connectivity index (χ2n) is 6.79. The summed E-state index contributed by atoms with van der Waals surface area (Å²) in [5.74, 6) is 0.430. The monoisotopic (exact) mass is 344 g/mol. The van der Waals surface area contributed by atoms with Crippen LogP contribution in [0, 0.1) is 0 Å². The molecular formula is C19H24N2O4. The van der Waals surface area contributed by atoms with Crippen molar-refractivity contribution < 1.29 is 19.1 Å². The molecule has 6 nitrogen and oxygen atoms in total. The van der Waals surface area contributed by atoms with Gasteiger partial charge in [0.15, 0.2) is 5.78 Å². The predicted octanol–water partition coefficient (Wildman–Crippen LogP) is 1.93. The third kappa shape index (κ3) is 3.38. The summed E-state index contributed by atoms with van der Waals surface area (Å²) in [6, 6.07) is 6.72. The van der Waals surface area contributed by atoms with Crippen LogP contribution in [0.4, 0.5) is 0 Å². The first-order valence-corrected chi connectivity index (χ1v) is 8.84. The van der Waals surface area contributed by atoms with Gasteiger partial charge in [0.05, 0.1) is 12.0 Å². The van der Waals surface area contributed by atoms with E-state index in [1.165, 1.54) is 0 Å². The number of nitrogens with zero attached hydrogens (tertiary/aromatic N) is 1. The largest absolute Gasteiger partial charge is 0.486 e. The highest BCUT2D eigenvalue weighted by Gasteiger charge is 2.44. The number of amides is 2. The van der Waals surface area contributed by atoms with Gasteiger partial charge in [-0.3, -0.25) is 14.4 Å². The molecule has 1 fully saturated rings. The topological polar surface area (TPSA) is 75.7 Å². The lowest BCUT2D eigenvalue weighted by Gasteiger charge is -2.37. The molecule has 0 radical (unpaired) electrons. The minimum Gasteiger partial charge on any atom is -0.486 e. The maximum Gasteiger partial charge on any atom is 0.242 e. The number of rotatable bonds is 3. The van der Waals surface area contributed by atoms with Crippen LogP contribution in [0.25, 0.3) is 0 Å². The fourth-order valence-corrected chi connectivity index (χ4v) is 3.65. The maximum absolute atomic E-state index is 12.5. The summed E-state index contributed by atoms with van der Waals surface area (Å²) >= 11 is 0. The summed E-state index contributed by atoms with van der Waals surface area (Å²) in [5.41, 5.74) is -0.0483. The summed E-state index contributed by atoms with van der Waals surface area (Å²) in [7, 11) is 0. The van der Waals surface area contributed by atoms with Crippen molar-refractivity contribution in [3.05, 3.63) is 29.8 Å². The molecule has 0 aromatic heterocycles. The maximum atomic E-state index is 12.5. The average Bonchev–Trinajstić information content (AvgIpc) is 2.74. The number of para-hydroxylation sites is 1. The fourth-order valence-electron chi connectivity index (χ4n) is 3.65. The van der Waals surface area contributed by atoms with Crippen LogP contribution in [0.15, 0.2) is 24.3 Å². The van der Waals surface area contributed by atoms with E-state index in [4.69, 9.17) is 4.74 Å². The minimum absolute atomic E-state index is 0.0551. The van der Waals surface area contributed by atoms with Crippen molar-refractivity contribution in [2.75, 3.05) is 13.1 Å². The summed E-state index contributed by atoms with van der Waals surface area (Å²) in [6.07, 6.45) is 1.59. The number of Topliss-reactive ketones (excluding diaryl/α,β-unsaturated/α-hetero) is 1. The van der Waals surface area contributed by atoms with Gasteiger partial charge in [-0.05, 0) is 32.4 Å². The van der Waals surface area contributed by atoms with Crippen LogP contribution in [-0.2, 0) is 9.59 Å². The highest BCUT2D eigenvalue weighted by molar-refractivity contribution is 6.00. The van der Waals surface area contributed by atoms with Crippen molar-refractivity contribution in [3.63, 3.8) is 0 Å². The molecule has 0 saturated carbocycles. The molecule has 2 amide bonds. The van der Waals surface area contributed by atoms with Gasteiger partial charge in [-0.2, -0.15) is 0 Å². The van der Waals surface area contributed by atoms with Crippen molar-refractivity contribution >= 4 is 17.6 Å². The Morgan fingerprint density at radius 2 is 2.08 bits per heavy atom. The zero-order valence-electron chi connectivity index (χ0n) is 14.7. The summed E-state index contributed by atoms with van der Waals surface area (Å²) in [4.78, 5) is 38.7. The Labute approximate surface area is 147 Å². The van der Waals surface area contributed by atoms with Gasteiger partial charge in [0.25, 0.3) is 0 Å². The molecule has 2 aliphatic heterocycles. The van der Waals surface area contributed by atoms with Crippen LogP contribution >= 0.6 is 0 Å². The number of hydrogen-bond acceptors (Lipinski definition) is 4. The third-order valence-electron chi connectivity index (χ3n) is 5.12. The summed E-state index contributed by atoms with van der Waals surface area (Å²) in [5, 5.41) is 2.76. The summed E-state index contributed by atoms with van der Waals surface area (Å²) in [6.45, 7) is 4.53. The molecule has 1 aromatic rings. The molecule has 2 atom stereocenters. The Balaban J connectivity index is 1.78. The van der Waals surface area contributed by atoms with E-state index in [2.05, 4.69) is 5.32 Å². The van der Waals surface area contributed by atoms with Crippen molar-refractivity contribution in [1.29, 1.82) is 0 Å². The van der Waals surface area contributed by atoms with Crippen LogP contribution < -0.4 is 10.1 Å². The van der Waals surface area contributed by atoms with E-state index in [0.29, 0.717) is 37.2 Å². The minimum atomic E-state index is -0.656. The molecule has 1 spiro atoms. The molecule has 134 valence electrons. The van der Waals surface area contributed by atoms with Crippen LogP contribution in [0.5, 0.6) is 5.75 Å². The lowest BCUT2D eigenvalue weighted by molar-refractivity contribution is -0.139. The zero-order valence-corrected chi connectivity index (χ0v) is 14.7. The Hall–Kier alpha value is -2.37. The van der Waals surface area contributed by atoms with Crippen LogP contribution in [0.1, 0.15) is 49.9 Å². The van der Waals surface area contributed by atoms with E-state index in [0.717, 1.165) is 0 Å². The van der Waals surface area contributed by atoms with Crippen LogP contribution in [0.2, 0.25) is 0 Å². The van der Waals surface area contributed by atoms with Crippen molar-refractivity contribution in [3.8, 4) is 5.75 Å². The number of likely N-dealkylation sites (tertiary alicyclic amines) is 1. The van der Waals surface area contributed by atoms with E-state index < -0.39 is 11.6 Å². The molecule has 3 rings (SSSR count). The second kappa shape index (κ2) is 6.86. The first-order chi connectivity index (χ1) is 12.0. The molecule has 1 aromatic carbocycles. The molecule has 6 heteroatoms. The average molecular weight is 344 g/mol. The Morgan fingerprint density at radius 3 is 2.84 bits per heavy atom. The normalized spacial score (nSPS) is 24.3. The van der Waals surface area contributed by atoms with Crippen LogP contribution in [-0.4, -0.2) is 47.2 Å². The van der Waals surface area contributed by atoms with Gasteiger partial charge >= 0.3 is 0 Å². The first kappa shape index (κ1) is 17.5. The second-order valence-corrected chi connectivity index (χ2v) is 6.79. The first-order valence-electron chi connectivity index (χ1n) is 8.84. The number of carbonyl (C=O) groups excluding carboxylic acids is 3. The quantitative estimate of drug-likeness (QED) is 0.909. The van der Waals surface area contributed by atoms with Gasteiger partial charge in [0, 0.05) is 25.9 Å². The van der Waals surface area contributed by atoms with E-state index in [-0.39, 0.29) is 30.4 Å². The van der Waals surface area contributed by atoms with Crippen LogP contribution in [0.3, 0.4) is 0 Å². The number of fused-ring (bicyclic) bond motifs is 1. The van der Waals surface area contributed by atoms with Gasteiger partial charge in [-0.1, -0.05) is 12.1 Å². The lowest BCUT2D eigenvalue weighted by Crippen LogP contribution is -2.48. The number of ketones is 1. The highest BCUT2D eigenvalue weighted by Crippen LogP contribution is 2.39. The van der Waals surface area contributed by atoms with Gasteiger partial charge < -0.3 is 15.0 Å². The number of benzene rings is 1. The van der Waals surface area contributed by atoms with Gasteiger partial charge in [0.2, 0.25) is 11.8 Å². The van der Waals surface area contributed by atoms with Crippen molar-refractivity contribution in [2.45, 2.75) is 51.2 Å². The number of ether oxygens (including phenoxy) is 1. The lowest BCUT2D eigenvalue weighted by atomic mass is 9.84. The fraction of sp³-hybridized carbons (Fsp3) is 0.526. The molecular weight excluding hydrogens is 320 g/mol. The number of carbonyl (C=O) groups is 3. The molecule has 0 aliphatic carbocycles. The number of nitrogens with one attached hydrogen (secondary N) is 1. The summed E-state index contributed by atoms with van der Waals surface area (Å²) < 4.78 is 6.19. The van der Waals surface area contributed by atoms with Gasteiger partial charge in [-0.15, -0.1) is 0 Å². The molecule has 2 heterocycles. The number of likely N-dealkylation sites (N-methyl/N-ethyl adjacent to an activating group) is 1. The zero-order chi connectivity index (χ0) is 18.0. The molecule has 1 N–H and O–H groups in total. The predicted molar refractivity (Wildman–Crippen MR) is 92.5 cm³/mol. The van der Waals surface area contributed by atoms with Crippen molar-refractivity contribution in [1.82, 2.24) is 10.2 Å². The Kier molecular flexibility index (Phi) is 4.79. The smallest absolute Gasteiger partial charge is 0.242 e. The van der Waals surface area contributed by atoms with Crippen molar-refractivity contribution in [2.24, 2.45) is 0 Å². The van der Waals surface area contributed by atoms with E-state index >= 15 is 0 Å². The SMILES string of the molecule is CCNC(=O)C(C)N1CCC2(CCC1=O)CC(=O)c1ccccc1O2. The number of hydrogen-bond donors (Lipinski definition) is 1.